The Balaban J connectivity index is 1.99. The fraction of sp³-hybridized carbons (Fsp3) is 0.400. The molecule has 6 heteroatoms. The summed E-state index contributed by atoms with van der Waals surface area (Å²) in [7, 11) is 1.93. The summed E-state index contributed by atoms with van der Waals surface area (Å²) in [5, 5.41) is 0. The molecule has 1 fully saturated rings. The normalized spacial score (nSPS) is 25.6. The molecule has 0 bridgehead atoms. The van der Waals surface area contributed by atoms with Crippen molar-refractivity contribution < 1.29 is 9.53 Å². The minimum absolute atomic E-state index is 0.0230. The Hall–Kier alpha value is -0.875. The highest BCUT2D eigenvalue weighted by Gasteiger charge is 2.29. The van der Waals surface area contributed by atoms with Crippen LogP contribution >= 0.6 is 15.9 Å². The third-order valence-corrected chi connectivity index (χ3v) is 3.14. The number of halogens is 1. The third kappa shape index (κ3) is 2.62. The largest absolute Gasteiger partial charge is 0.487 e. The highest BCUT2D eigenvalue weighted by molar-refractivity contribution is 9.10. The maximum absolute atomic E-state index is 10.8. The number of hydrogen-bond acceptors (Lipinski definition) is 4. The molecule has 1 aliphatic rings. The van der Waals surface area contributed by atoms with Crippen molar-refractivity contribution >= 4 is 30.2 Å². The highest BCUT2D eigenvalue weighted by Crippen LogP contribution is 2.22. The fourth-order valence-electron chi connectivity index (χ4n) is 1.87. The summed E-state index contributed by atoms with van der Waals surface area (Å²) in [5.41, 5.74) is 0. The van der Waals surface area contributed by atoms with Gasteiger partial charge in [0.05, 0.1) is 12.2 Å². The van der Waals surface area contributed by atoms with E-state index in [4.69, 9.17) is 4.74 Å². The van der Waals surface area contributed by atoms with Crippen LogP contribution in [0.2, 0.25) is 0 Å². The van der Waals surface area contributed by atoms with Crippen molar-refractivity contribution in [3.05, 3.63) is 22.9 Å². The first-order valence-corrected chi connectivity index (χ1v) is 5.91. The number of carbonyl (C=O) groups excluding carboxylic acids is 1. The molecule has 2 heterocycles. The van der Waals surface area contributed by atoms with E-state index in [1.807, 2.05) is 18.9 Å². The molecule has 0 saturated carbocycles. The van der Waals surface area contributed by atoms with Crippen LogP contribution in [0.15, 0.2) is 22.9 Å². The molecule has 1 aliphatic heterocycles. The Bertz CT molecular complexity index is 391. The van der Waals surface area contributed by atoms with Gasteiger partial charge in [0.2, 0.25) is 0 Å². The lowest BCUT2D eigenvalue weighted by Gasteiger charge is -2.13. The van der Waals surface area contributed by atoms with Gasteiger partial charge in [-0.05, 0) is 22.0 Å². The van der Waals surface area contributed by atoms with Crippen LogP contribution in [0.3, 0.4) is 0 Å². The number of nitrogens with zero attached hydrogens (tertiary/aromatic N) is 2. The van der Waals surface area contributed by atoms with Crippen LogP contribution in [0.1, 0.15) is 6.42 Å². The summed E-state index contributed by atoms with van der Waals surface area (Å²) in [6, 6.07) is 1.85. The standard InChI is InChI=1S/C10H12BBrN2O2/c11-14-5-10(2-8(14)6-15)16-9-1-7(12)3-13-4-9/h1,3-4,6,8,10H,2,5,11H2/t8-,10+/m0/s1. The molecule has 1 aromatic heterocycles. The van der Waals surface area contributed by atoms with Gasteiger partial charge in [0, 0.05) is 23.6 Å². The third-order valence-electron chi connectivity index (χ3n) is 2.70. The number of pyridine rings is 1. The van der Waals surface area contributed by atoms with Gasteiger partial charge in [-0.3, -0.25) is 4.98 Å². The van der Waals surface area contributed by atoms with Gasteiger partial charge in [-0.25, -0.2) is 0 Å². The van der Waals surface area contributed by atoms with Crippen LogP contribution in [-0.4, -0.2) is 42.8 Å². The number of aldehydes is 1. The first-order chi connectivity index (χ1) is 7.69. The fourth-order valence-corrected chi connectivity index (χ4v) is 2.22. The van der Waals surface area contributed by atoms with E-state index >= 15 is 0 Å². The second-order valence-corrected chi connectivity index (χ2v) is 4.87. The minimum atomic E-state index is -0.0230. The van der Waals surface area contributed by atoms with Crippen molar-refractivity contribution in [2.45, 2.75) is 18.6 Å². The molecule has 0 spiro atoms. The van der Waals surface area contributed by atoms with Crippen molar-refractivity contribution in [1.82, 2.24) is 9.79 Å². The molecule has 2 atom stereocenters. The minimum Gasteiger partial charge on any atom is -0.487 e. The summed E-state index contributed by atoms with van der Waals surface area (Å²) >= 11 is 3.34. The Labute approximate surface area is 104 Å². The summed E-state index contributed by atoms with van der Waals surface area (Å²) < 4.78 is 6.66. The molecule has 1 aromatic rings. The lowest BCUT2D eigenvalue weighted by atomic mass is 10.2. The van der Waals surface area contributed by atoms with Crippen molar-refractivity contribution in [2.75, 3.05) is 6.54 Å². The zero-order valence-electron chi connectivity index (χ0n) is 8.97. The van der Waals surface area contributed by atoms with Gasteiger partial charge < -0.3 is 14.3 Å². The molecule has 4 nitrogen and oxygen atoms in total. The van der Waals surface area contributed by atoms with E-state index in [9.17, 15) is 4.79 Å². The second kappa shape index (κ2) is 4.97. The Morgan fingerprint density at radius 3 is 3.06 bits per heavy atom. The smallest absolute Gasteiger partial charge is 0.186 e. The van der Waals surface area contributed by atoms with Gasteiger partial charge >= 0.3 is 0 Å². The predicted octanol–water partition coefficient (Wildman–Crippen LogP) is 0.413. The van der Waals surface area contributed by atoms with Crippen LogP contribution in [0.25, 0.3) is 0 Å². The SMILES string of the molecule is BN1C[C@H](Oc2cncc(Br)c2)C[C@H]1C=O. The van der Waals surface area contributed by atoms with Gasteiger partial charge in [-0.1, -0.05) is 0 Å². The van der Waals surface area contributed by atoms with Crippen molar-refractivity contribution in [2.24, 2.45) is 0 Å². The number of aromatic nitrogens is 1. The van der Waals surface area contributed by atoms with Crippen LogP contribution in [0, 0.1) is 0 Å². The van der Waals surface area contributed by atoms with Crippen LogP contribution in [-0.2, 0) is 4.79 Å². The Kier molecular flexibility index (Phi) is 3.61. The molecule has 84 valence electrons. The molecular formula is C10H12BBrN2O2. The van der Waals surface area contributed by atoms with E-state index < -0.39 is 0 Å². The molecule has 0 unspecified atom stereocenters. The number of ether oxygens (including phenoxy) is 1. The van der Waals surface area contributed by atoms with E-state index in [0.29, 0.717) is 0 Å². The summed E-state index contributed by atoms with van der Waals surface area (Å²) in [6.45, 7) is 0.774. The molecule has 0 radical (unpaired) electrons. The molecular weight excluding hydrogens is 271 g/mol. The molecule has 0 aromatic carbocycles. The number of carbonyl (C=O) groups is 1. The molecule has 16 heavy (non-hydrogen) atoms. The molecule has 1 saturated heterocycles. The van der Waals surface area contributed by atoms with Gasteiger partial charge in [0.1, 0.15) is 18.1 Å². The monoisotopic (exact) mass is 282 g/mol. The summed E-state index contributed by atoms with van der Waals surface area (Å²) in [6.07, 6.45) is 5.17. The maximum atomic E-state index is 10.8. The van der Waals surface area contributed by atoms with E-state index in [1.165, 1.54) is 0 Å². The quantitative estimate of drug-likeness (QED) is 0.595. The average molecular weight is 283 g/mol. The van der Waals surface area contributed by atoms with E-state index in [1.54, 1.807) is 12.4 Å². The second-order valence-electron chi connectivity index (χ2n) is 3.96. The van der Waals surface area contributed by atoms with E-state index in [0.717, 1.165) is 29.5 Å². The highest BCUT2D eigenvalue weighted by atomic mass is 79.9. The molecule has 0 aliphatic carbocycles. The first kappa shape index (κ1) is 11.6. The summed E-state index contributed by atoms with van der Waals surface area (Å²) in [4.78, 5) is 16.8. The van der Waals surface area contributed by atoms with Crippen molar-refractivity contribution in [3.63, 3.8) is 0 Å². The maximum Gasteiger partial charge on any atom is 0.186 e. The zero-order valence-corrected chi connectivity index (χ0v) is 10.6. The zero-order chi connectivity index (χ0) is 11.5. The molecule has 2 rings (SSSR count). The average Bonchev–Trinajstić information content (AvgIpc) is 2.58. The lowest BCUT2D eigenvalue weighted by Crippen LogP contribution is -2.28. The number of rotatable bonds is 3. The summed E-state index contributed by atoms with van der Waals surface area (Å²) in [5.74, 6) is 0.735. The van der Waals surface area contributed by atoms with Gasteiger partial charge in [-0.15, -0.1) is 0 Å². The van der Waals surface area contributed by atoms with Gasteiger partial charge in [-0.2, -0.15) is 0 Å². The molecule has 0 amide bonds. The number of hydrogen-bond donors (Lipinski definition) is 0. The van der Waals surface area contributed by atoms with Crippen molar-refractivity contribution in [3.8, 4) is 5.75 Å². The van der Waals surface area contributed by atoms with Gasteiger partial charge in [0.25, 0.3) is 0 Å². The lowest BCUT2D eigenvalue weighted by molar-refractivity contribution is -0.110. The van der Waals surface area contributed by atoms with Crippen LogP contribution in [0.5, 0.6) is 5.75 Å². The van der Waals surface area contributed by atoms with Crippen molar-refractivity contribution in [1.29, 1.82) is 0 Å². The predicted molar refractivity (Wildman–Crippen MR) is 66.1 cm³/mol. The van der Waals surface area contributed by atoms with E-state index in [2.05, 4.69) is 20.9 Å². The molecule has 0 N–H and O–H groups in total. The van der Waals surface area contributed by atoms with Crippen LogP contribution < -0.4 is 4.74 Å². The van der Waals surface area contributed by atoms with E-state index in [-0.39, 0.29) is 12.1 Å². The Morgan fingerprint density at radius 2 is 2.44 bits per heavy atom. The topological polar surface area (TPSA) is 42.4 Å². The first-order valence-electron chi connectivity index (χ1n) is 5.12. The van der Waals surface area contributed by atoms with Gasteiger partial charge in [0.15, 0.2) is 7.98 Å². The Morgan fingerprint density at radius 1 is 1.62 bits per heavy atom. The van der Waals surface area contributed by atoms with Crippen LogP contribution in [0.4, 0.5) is 0 Å².